The van der Waals surface area contributed by atoms with Gasteiger partial charge in [-0.1, -0.05) is 12.1 Å². The van der Waals surface area contributed by atoms with E-state index in [0.29, 0.717) is 50.3 Å². The van der Waals surface area contributed by atoms with Gasteiger partial charge in [0.25, 0.3) is 5.91 Å². The van der Waals surface area contributed by atoms with Crippen molar-refractivity contribution < 1.29 is 19.1 Å². The van der Waals surface area contributed by atoms with Gasteiger partial charge in [0.15, 0.2) is 6.61 Å². The molecule has 1 fully saturated rings. The maximum atomic E-state index is 12.5. The van der Waals surface area contributed by atoms with Crippen molar-refractivity contribution in [2.24, 2.45) is 5.92 Å². The van der Waals surface area contributed by atoms with Crippen molar-refractivity contribution in [1.82, 2.24) is 9.88 Å². The fourth-order valence-corrected chi connectivity index (χ4v) is 3.61. The molecule has 1 aromatic carbocycles. The predicted molar refractivity (Wildman–Crippen MR) is 121 cm³/mol. The molecule has 3 rings (SSSR count). The van der Waals surface area contributed by atoms with E-state index >= 15 is 0 Å². The summed E-state index contributed by atoms with van der Waals surface area (Å²) in [5.74, 6) is 1.01. The smallest absolute Gasteiger partial charge is 0.260 e. The average molecular weight is 488 g/mol. The van der Waals surface area contributed by atoms with Crippen molar-refractivity contribution in [2.75, 3.05) is 25.0 Å². The third kappa shape index (κ3) is 7.17. The molecular weight excluding hydrogens is 462 g/mol. The summed E-state index contributed by atoms with van der Waals surface area (Å²) in [6.07, 6.45) is 4.08. The molecule has 0 spiro atoms. The van der Waals surface area contributed by atoms with Crippen molar-refractivity contribution in [2.45, 2.75) is 32.6 Å². The minimum Gasteiger partial charge on any atom is -0.484 e. The lowest BCUT2D eigenvalue weighted by molar-refractivity contribution is -0.136. The van der Waals surface area contributed by atoms with Crippen LogP contribution in [0.3, 0.4) is 0 Å². The van der Waals surface area contributed by atoms with Crippen LogP contribution in [-0.2, 0) is 20.8 Å². The monoisotopic (exact) mass is 487 g/mol. The minimum absolute atomic E-state index is 0.0352. The zero-order valence-corrected chi connectivity index (χ0v) is 19.1. The Bertz CT molecular complexity index is 907. The number of ketones is 1. The van der Waals surface area contributed by atoms with Crippen LogP contribution in [-0.4, -0.2) is 47.2 Å². The van der Waals surface area contributed by atoms with E-state index < -0.39 is 0 Å². The number of nitrogens with one attached hydrogen (secondary N) is 1. The summed E-state index contributed by atoms with van der Waals surface area (Å²) in [7, 11) is 0. The fourth-order valence-electron chi connectivity index (χ4n) is 3.38. The van der Waals surface area contributed by atoms with E-state index in [1.165, 1.54) is 0 Å². The number of ether oxygens (including phenoxy) is 1. The summed E-state index contributed by atoms with van der Waals surface area (Å²) in [4.78, 5) is 41.9. The van der Waals surface area contributed by atoms with Gasteiger partial charge >= 0.3 is 0 Å². The fraction of sp³-hybridized carbons (Fsp3) is 0.391. The molecule has 0 aliphatic carbocycles. The Kier molecular flexibility index (Phi) is 8.17. The number of rotatable bonds is 8. The number of hydrogen-bond donors (Lipinski definition) is 1. The van der Waals surface area contributed by atoms with E-state index in [-0.39, 0.29) is 30.1 Å². The van der Waals surface area contributed by atoms with Crippen LogP contribution in [0, 0.1) is 5.92 Å². The van der Waals surface area contributed by atoms with Gasteiger partial charge in [-0.25, -0.2) is 4.98 Å². The number of aromatic nitrogens is 1. The number of aryl methyl sites for hydroxylation is 1. The number of amides is 2. The Morgan fingerprint density at radius 3 is 2.45 bits per heavy atom. The molecule has 0 saturated carbocycles. The quantitative estimate of drug-likeness (QED) is 0.613. The summed E-state index contributed by atoms with van der Waals surface area (Å²) in [5, 5.41) is 2.83. The lowest BCUT2D eigenvalue weighted by atomic mass is 9.96. The molecule has 0 atom stereocenters. The van der Waals surface area contributed by atoms with Crippen molar-refractivity contribution >= 4 is 39.3 Å². The van der Waals surface area contributed by atoms with Gasteiger partial charge in [-0.05, 0) is 71.9 Å². The number of pyridine rings is 1. The molecule has 2 amide bonds. The van der Waals surface area contributed by atoms with Crippen LogP contribution in [0.1, 0.15) is 31.7 Å². The number of piperidine rings is 1. The lowest BCUT2D eigenvalue weighted by Crippen LogP contribution is -2.43. The van der Waals surface area contributed by atoms with Crippen molar-refractivity contribution in [1.29, 1.82) is 0 Å². The highest BCUT2D eigenvalue weighted by atomic mass is 79.9. The Labute approximate surface area is 190 Å². The van der Waals surface area contributed by atoms with E-state index in [1.54, 1.807) is 24.1 Å². The van der Waals surface area contributed by atoms with Crippen LogP contribution in [0.5, 0.6) is 5.75 Å². The van der Waals surface area contributed by atoms with Gasteiger partial charge < -0.3 is 19.7 Å². The van der Waals surface area contributed by atoms with Gasteiger partial charge in [-0.2, -0.15) is 0 Å². The number of halogens is 1. The molecular formula is C23H26BrN3O4. The maximum Gasteiger partial charge on any atom is 0.260 e. The van der Waals surface area contributed by atoms with Crippen LogP contribution < -0.4 is 10.1 Å². The van der Waals surface area contributed by atoms with Crippen LogP contribution in [0.2, 0.25) is 0 Å². The first-order valence-corrected chi connectivity index (χ1v) is 11.1. The third-order valence-corrected chi connectivity index (χ3v) is 5.72. The highest BCUT2D eigenvalue weighted by molar-refractivity contribution is 9.10. The summed E-state index contributed by atoms with van der Waals surface area (Å²) >= 11 is 3.32. The number of carbonyl (C=O) groups excluding carboxylic acids is 3. The highest BCUT2D eigenvalue weighted by Crippen LogP contribution is 2.20. The summed E-state index contributed by atoms with van der Waals surface area (Å²) in [6.45, 7) is 2.60. The van der Waals surface area contributed by atoms with Gasteiger partial charge in [0.2, 0.25) is 5.91 Å². The van der Waals surface area contributed by atoms with Crippen LogP contribution in [0.4, 0.5) is 5.82 Å². The summed E-state index contributed by atoms with van der Waals surface area (Å²) < 4.78 is 6.47. The van der Waals surface area contributed by atoms with E-state index in [9.17, 15) is 14.4 Å². The zero-order chi connectivity index (χ0) is 22.2. The number of benzene rings is 1. The molecule has 1 saturated heterocycles. The number of carbonyl (C=O) groups is 3. The summed E-state index contributed by atoms with van der Waals surface area (Å²) in [5.41, 5.74) is 1.06. The first-order chi connectivity index (χ1) is 14.9. The summed E-state index contributed by atoms with van der Waals surface area (Å²) in [6, 6.07) is 11.0. The molecule has 1 N–H and O–H groups in total. The van der Waals surface area contributed by atoms with Crippen molar-refractivity contribution in [3.8, 4) is 5.75 Å². The van der Waals surface area contributed by atoms with E-state index in [0.717, 1.165) is 10.0 Å². The second-order valence-electron chi connectivity index (χ2n) is 7.64. The van der Waals surface area contributed by atoms with E-state index in [4.69, 9.17) is 4.74 Å². The first kappa shape index (κ1) is 22.9. The van der Waals surface area contributed by atoms with Gasteiger partial charge in [0.1, 0.15) is 17.4 Å². The molecule has 1 aliphatic heterocycles. The van der Waals surface area contributed by atoms with Gasteiger partial charge in [0, 0.05) is 36.1 Å². The van der Waals surface area contributed by atoms with Crippen molar-refractivity contribution in [3.05, 3.63) is 52.6 Å². The minimum atomic E-state index is -0.141. The molecule has 0 radical (unpaired) electrons. The zero-order valence-electron chi connectivity index (χ0n) is 17.5. The standard InChI is InChI=1S/C23H26BrN3O4/c1-16(28)2-3-17-4-7-20(8-5-17)31-15-22(29)27-12-10-18(11-13-27)23(30)26-21-9-6-19(24)14-25-21/h4-9,14,18H,2-3,10-13,15H2,1H3,(H,25,26,30). The molecule has 0 unspecified atom stereocenters. The van der Waals surface area contributed by atoms with Gasteiger partial charge in [-0.3, -0.25) is 9.59 Å². The normalized spacial score (nSPS) is 14.2. The molecule has 8 heteroatoms. The highest BCUT2D eigenvalue weighted by Gasteiger charge is 2.27. The number of likely N-dealkylation sites (tertiary alicyclic amines) is 1. The Balaban J connectivity index is 1.40. The van der Waals surface area contributed by atoms with E-state index in [2.05, 4.69) is 26.2 Å². The van der Waals surface area contributed by atoms with Gasteiger partial charge in [0.05, 0.1) is 0 Å². The molecule has 0 bridgehead atoms. The molecule has 1 aliphatic rings. The lowest BCUT2D eigenvalue weighted by Gasteiger charge is -2.31. The Hall–Kier alpha value is -2.74. The largest absolute Gasteiger partial charge is 0.484 e. The maximum absolute atomic E-state index is 12.5. The average Bonchev–Trinajstić information content (AvgIpc) is 2.78. The van der Waals surface area contributed by atoms with Gasteiger partial charge in [-0.15, -0.1) is 0 Å². The topological polar surface area (TPSA) is 88.6 Å². The first-order valence-electron chi connectivity index (χ1n) is 10.3. The number of anilines is 1. The van der Waals surface area contributed by atoms with Crippen LogP contribution >= 0.6 is 15.9 Å². The molecule has 2 heterocycles. The number of nitrogens with zero attached hydrogens (tertiary/aromatic N) is 2. The van der Waals surface area contributed by atoms with E-state index in [1.807, 2.05) is 30.3 Å². The predicted octanol–water partition coefficient (Wildman–Crippen LogP) is 3.62. The number of hydrogen-bond acceptors (Lipinski definition) is 5. The molecule has 31 heavy (non-hydrogen) atoms. The second-order valence-corrected chi connectivity index (χ2v) is 8.56. The van der Waals surface area contributed by atoms with Crippen molar-refractivity contribution in [3.63, 3.8) is 0 Å². The Morgan fingerprint density at radius 2 is 1.84 bits per heavy atom. The molecule has 1 aromatic heterocycles. The van der Waals surface area contributed by atoms with Crippen LogP contribution in [0.15, 0.2) is 47.1 Å². The second kappa shape index (κ2) is 11.0. The van der Waals surface area contributed by atoms with Crippen LogP contribution in [0.25, 0.3) is 0 Å². The molecule has 7 nitrogen and oxygen atoms in total. The number of Topliss-reactive ketones (excluding diaryl/α,β-unsaturated/α-hetero) is 1. The Morgan fingerprint density at radius 1 is 1.13 bits per heavy atom. The molecule has 164 valence electrons. The third-order valence-electron chi connectivity index (χ3n) is 5.25. The molecule has 2 aromatic rings. The SMILES string of the molecule is CC(=O)CCc1ccc(OCC(=O)N2CCC(C(=O)Nc3ccc(Br)cn3)CC2)cc1.